The van der Waals surface area contributed by atoms with E-state index >= 15 is 0 Å². The molecular formula is C20H33N6O2+. The summed E-state index contributed by atoms with van der Waals surface area (Å²) in [5, 5.41) is 6.78. The Kier molecular flexibility index (Phi) is 5.59. The van der Waals surface area contributed by atoms with Crippen LogP contribution >= 0.6 is 0 Å². The molecular weight excluding hydrogens is 356 g/mol. The number of hydrogen-bond acceptors (Lipinski definition) is 5. The Labute approximate surface area is 167 Å². The van der Waals surface area contributed by atoms with E-state index in [2.05, 4.69) is 34.6 Å². The van der Waals surface area contributed by atoms with Gasteiger partial charge in [-0.25, -0.2) is 9.37 Å². The second-order valence-corrected chi connectivity index (χ2v) is 8.76. The normalized spacial score (nSPS) is 22.5. The van der Waals surface area contributed by atoms with Crippen LogP contribution in [-0.2, 0) is 4.79 Å². The first-order chi connectivity index (χ1) is 13.2. The first-order valence-corrected chi connectivity index (χ1v) is 10.4. The summed E-state index contributed by atoms with van der Waals surface area (Å²) >= 11 is 0. The zero-order chi connectivity index (χ0) is 20.6. The average Bonchev–Trinajstić information content (AvgIpc) is 3.03. The minimum absolute atomic E-state index is 0.111. The highest BCUT2D eigenvalue weighted by Gasteiger charge is 2.55. The van der Waals surface area contributed by atoms with Gasteiger partial charge in [-0.15, -0.1) is 10.1 Å². The van der Waals surface area contributed by atoms with E-state index in [1.807, 2.05) is 9.58 Å². The van der Waals surface area contributed by atoms with E-state index in [4.69, 9.17) is 10.1 Å². The van der Waals surface area contributed by atoms with E-state index in [1.54, 1.807) is 7.05 Å². The number of hydrogen-bond donors (Lipinski definition) is 0. The monoisotopic (exact) mass is 389 g/mol. The maximum absolute atomic E-state index is 13.3. The van der Waals surface area contributed by atoms with Crippen LogP contribution in [0.4, 0.5) is 4.79 Å². The topological polar surface area (TPSA) is 71.6 Å². The summed E-state index contributed by atoms with van der Waals surface area (Å²) in [5.41, 5.74) is 0.913. The number of carbonyl (C=O) groups excluding carboxylic acids is 2. The van der Waals surface area contributed by atoms with Gasteiger partial charge in [0.15, 0.2) is 0 Å². The molecule has 154 valence electrons. The summed E-state index contributed by atoms with van der Waals surface area (Å²) < 4.78 is 2.03. The molecule has 8 nitrogen and oxygen atoms in total. The third-order valence-electron chi connectivity index (χ3n) is 5.51. The van der Waals surface area contributed by atoms with Crippen molar-refractivity contribution in [3.63, 3.8) is 0 Å². The lowest BCUT2D eigenvalue weighted by Gasteiger charge is -2.35. The van der Waals surface area contributed by atoms with Gasteiger partial charge in [-0.2, -0.15) is 0 Å². The van der Waals surface area contributed by atoms with Crippen LogP contribution in [0.3, 0.4) is 0 Å². The number of urea groups is 1. The summed E-state index contributed by atoms with van der Waals surface area (Å²) in [6.07, 6.45) is 3.77. The number of nitrogens with zero attached hydrogens (tertiary/aromatic N) is 6. The smallest absolute Gasteiger partial charge is 0.270 e. The first-order valence-electron chi connectivity index (χ1n) is 10.4. The molecule has 0 N–H and O–H groups in total. The predicted octanol–water partition coefficient (Wildman–Crippen LogP) is 2.35. The van der Waals surface area contributed by atoms with E-state index in [9.17, 15) is 9.59 Å². The second kappa shape index (κ2) is 7.64. The van der Waals surface area contributed by atoms with Crippen molar-refractivity contribution >= 4 is 29.4 Å². The zero-order valence-electron chi connectivity index (χ0n) is 18.0. The standard InChI is InChI=1S/C20H33N6O2/c1-7-9-11-24-17(27)15-16(23(6)19(24)28)21-18-25(15)13-14(20(3,4)5)22-26(18)12-10-8-2/h15H,7-13H2,1-6H3/q+1. The highest BCUT2D eigenvalue weighted by atomic mass is 16.2. The molecule has 0 aromatic rings. The largest absolute Gasteiger partial charge is 0.416 e. The molecule has 0 aromatic carbocycles. The quantitative estimate of drug-likeness (QED) is 0.655. The maximum Gasteiger partial charge on any atom is 0.416 e. The van der Waals surface area contributed by atoms with Crippen LogP contribution in [0, 0.1) is 5.41 Å². The minimum Gasteiger partial charge on any atom is -0.270 e. The van der Waals surface area contributed by atoms with Crippen LogP contribution in [0.25, 0.3) is 0 Å². The Hall–Kier alpha value is -2.25. The van der Waals surface area contributed by atoms with E-state index in [0.717, 1.165) is 37.9 Å². The summed E-state index contributed by atoms with van der Waals surface area (Å²) in [7, 11) is 1.71. The molecule has 0 bridgehead atoms. The van der Waals surface area contributed by atoms with Gasteiger partial charge in [0.2, 0.25) is 11.9 Å². The van der Waals surface area contributed by atoms with Crippen molar-refractivity contribution in [1.29, 1.82) is 0 Å². The first kappa shape index (κ1) is 20.5. The molecule has 3 rings (SSSR count). The minimum atomic E-state index is -0.550. The Morgan fingerprint density at radius 1 is 1.11 bits per heavy atom. The summed E-state index contributed by atoms with van der Waals surface area (Å²) in [6.45, 7) is 12.4. The van der Waals surface area contributed by atoms with Gasteiger partial charge in [-0.05, 0) is 12.8 Å². The lowest BCUT2D eigenvalue weighted by atomic mass is 9.89. The van der Waals surface area contributed by atoms with Gasteiger partial charge in [-0.3, -0.25) is 14.6 Å². The van der Waals surface area contributed by atoms with Crippen molar-refractivity contribution in [3.8, 4) is 0 Å². The summed E-state index contributed by atoms with van der Waals surface area (Å²) in [6, 6.07) is -0.836. The van der Waals surface area contributed by atoms with Crippen LogP contribution in [0.1, 0.15) is 60.3 Å². The van der Waals surface area contributed by atoms with Crippen molar-refractivity contribution < 1.29 is 14.2 Å². The molecule has 3 heterocycles. The molecule has 8 heteroatoms. The Morgan fingerprint density at radius 3 is 2.36 bits per heavy atom. The van der Waals surface area contributed by atoms with E-state index in [-0.39, 0.29) is 17.4 Å². The predicted molar refractivity (Wildman–Crippen MR) is 110 cm³/mol. The van der Waals surface area contributed by atoms with Gasteiger partial charge in [0.05, 0.1) is 12.3 Å². The summed E-state index contributed by atoms with van der Waals surface area (Å²) in [4.78, 5) is 33.7. The van der Waals surface area contributed by atoms with Crippen LogP contribution in [0.5, 0.6) is 0 Å². The van der Waals surface area contributed by atoms with Crippen LogP contribution in [-0.4, -0.2) is 81.6 Å². The van der Waals surface area contributed by atoms with Crippen molar-refractivity contribution in [2.24, 2.45) is 15.5 Å². The number of unbranched alkanes of at least 4 members (excludes halogenated alkanes) is 2. The number of imide groups is 1. The van der Waals surface area contributed by atoms with Crippen LogP contribution in [0.15, 0.2) is 10.1 Å². The molecule has 1 saturated heterocycles. The Balaban J connectivity index is 1.99. The van der Waals surface area contributed by atoms with Crippen molar-refractivity contribution in [2.75, 3.05) is 26.7 Å². The third-order valence-corrected chi connectivity index (χ3v) is 5.51. The fourth-order valence-electron chi connectivity index (χ4n) is 3.62. The average molecular weight is 390 g/mol. The fraction of sp³-hybridized carbons (Fsp3) is 0.750. The number of hydrazone groups is 1. The molecule has 3 aliphatic rings. The Bertz CT molecular complexity index is 761. The molecule has 1 unspecified atom stereocenters. The van der Waals surface area contributed by atoms with E-state index < -0.39 is 6.04 Å². The molecule has 3 aliphatic heterocycles. The van der Waals surface area contributed by atoms with E-state index in [1.165, 1.54) is 9.80 Å². The van der Waals surface area contributed by atoms with Crippen LogP contribution in [0.2, 0.25) is 0 Å². The van der Waals surface area contributed by atoms with Gasteiger partial charge in [-0.1, -0.05) is 52.5 Å². The molecule has 28 heavy (non-hydrogen) atoms. The van der Waals surface area contributed by atoms with Gasteiger partial charge >= 0.3 is 12.0 Å². The zero-order valence-corrected chi connectivity index (χ0v) is 18.0. The number of fused-ring (bicyclic) bond motifs is 2. The molecule has 0 aromatic heterocycles. The molecule has 0 aliphatic carbocycles. The number of guanidine groups is 1. The highest BCUT2D eigenvalue weighted by Crippen LogP contribution is 2.27. The SMILES string of the molecule is CCCCN1N=C(C(C)(C)C)C[N+]2=C1N=C1C2C(=O)N(CCCC)C(=O)N1C. The van der Waals surface area contributed by atoms with Crippen LogP contribution < -0.4 is 0 Å². The summed E-state index contributed by atoms with van der Waals surface area (Å²) in [5.74, 6) is 1.03. The lowest BCUT2D eigenvalue weighted by molar-refractivity contribution is -0.528. The molecule has 0 saturated carbocycles. The second-order valence-electron chi connectivity index (χ2n) is 8.76. The molecule has 3 amide bonds. The van der Waals surface area contributed by atoms with Gasteiger partial charge in [0.25, 0.3) is 5.91 Å². The van der Waals surface area contributed by atoms with Crippen molar-refractivity contribution in [2.45, 2.75) is 66.3 Å². The number of rotatable bonds is 6. The molecule has 1 fully saturated rings. The number of amides is 3. The van der Waals surface area contributed by atoms with E-state index in [0.29, 0.717) is 24.9 Å². The Morgan fingerprint density at radius 2 is 1.75 bits per heavy atom. The molecule has 1 atom stereocenters. The fourth-order valence-corrected chi connectivity index (χ4v) is 3.62. The number of aliphatic imine (C=N–C) groups is 1. The van der Waals surface area contributed by atoms with Gasteiger partial charge in [0.1, 0.15) is 6.54 Å². The maximum atomic E-state index is 13.3. The molecule has 0 radical (unpaired) electrons. The van der Waals surface area contributed by atoms with Gasteiger partial charge < -0.3 is 0 Å². The number of amidine groups is 1. The highest BCUT2D eigenvalue weighted by molar-refractivity contribution is 6.23. The van der Waals surface area contributed by atoms with Crippen molar-refractivity contribution in [3.05, 3.63) is 0 Å². The number of carbonyl (C=O) groups is 2. The van der Waals surface area contributed by atoms with Crippen molar-refractivity contribution in [1.82, 2.24) is 14.8 Å². The third kappa shape index (κ3) is 3.44. The molecule has 0 spiro atoms. The van der Waals surface area contributed by atoms with Gasteiger partial charge in [0, 0.05) is 19.0 Å². The number of likely N-dealkylation sites (N-methyl/N-ethyl adjacent to an activating group) is 1. The lowest BCUT2D eigenvalue weighted by Crippen LogP contribution is -2.63.